The number of rotatable bonds is 4. The predicted octanol–water partition coefficient (Wildman–Crippen LogP) is 1.37. The molecular weight excluding hydrogens is 316 g/mol. The van der Waals surface area contributed by atoms with Gasteiger partial charge >= 0.3 is 0 Å². The lowest BCUT2D eigenvalue weighted by Crippen LogP contribution is -2.49. The molecule has 136 valence electrons. The van der Waals surface area contributed by atoms with E-state index in [-0.39, 0.29) is 0 Å². The van der Waals surface area contributed by atoms with Gasteiger partial charge in [-0.25, -0.2) is 9.98 Å². The van der Waals surface area contributed by atoms with Crippen molar-refractivity contribution in [2.75, 3.05) is 19.6 Å². The van der Waals surface area contributed by atoms with Crippen LogP contribution < -0.4 is 5.32 Å². The van der Waals surface area contributed by atoms with Crippen molar-refractivity contribution in [3.63, 3.8) is 0 Å². The lowest BCUT2D eigenvalue weighted by molar-refractivity contribution is 0.189. The van der Waals surface area contributed by atoms with Crippen LogP contribution in [-0.4, -0.2) is 54.8 Å². The highest BCUT2D eigenvalue weighted by Gasteiger charge is 2.28. The van der Waals surface area contributed by atoms with Gasteiger partial charge in [0.2, 0.25) is 0 Å². The second-order valence-corrected chi connectivity index (χ2v) is 6.68. The molecule has 1 N–H and O–H groups in total. The van der Waals surface area contributed by atoms with Gasteiger partial charge in [-0.15, -0.1) is 10.2 Å². The van der Waals surface area contributed by atoms with Crippen LogP contribution in [0.3, 0.4) is 0 Å². The summed E-state index contributed by atoms with van der Waals surface area (Å²) in [5.41, 5.74) is 0. The van der Waals surface area contributed by atoms with Gasteiger partial charge in [-0.1, -0.05) is 6.92 Å². The molecule has 0 aliphatic carbocycles. The number of imidazole rings is 1. The number of hydrogen-bond donors (Lipinski definition) is 1. The minimum absolute atomic E-state index is 0.414. The summed E-state index contributed by atoms with van der Waals surface area (Å²) in [6.45, 7) is 9.68. The zero-order valence-electron chi connectivity index (χ0n) is 15.6. The summed E-state index contributed by atoms with van der Waals surface area (Å²) in [7, 11) is 1.98. The van der Waals surface area contributed by atoms with E-state index in [4.69, 9.17) is 4.99 Å². The van der Waals surface area contributed by atoms with E-state index in [0.717, 1.165) is 43.7 Å². The van der Waals surface area contributed by atoms with E-state index in [2.05, 4.69) is 50.0 Å². The maximum absolute atomic E-state index is 4.81. The molecule has 25 heavy (non-hydrogen) atoms. The summed E-state index contributed by atoms with van der Waals surface area (Å²) in [5, 5.41) is 11.7. The fourth-order valence-electron chi connectivity index (χ4n) is 3.26. The molecule has 3 rings (SSSR count). The third-order valence-corrected chi connectivity index (χ3v) is 5.01. The van der Waals surface area contributed by atoms with Gasteiger partial charge in [0.05, 0.1) is 12.4 Å². The van der Waals surface area contributed by atoms with E-state index in [1.54, 1.807) is 0 Å². The highest BCUT2D eigenvalue weighted by Crippen LogP contribution is 2.27. The Morgan fingerprint density at radius 3 is 2.88 bits per heavy atom. The number of nitrogens with zero attached hydrogens (tertiary/aromatic N) is 7. The Kier molecular flexibility index (Phi) is 5.35. The summed E-state index contributed by atoms with van der Waals surface area (Å²) < 4.78 is 4.20. The lowest BCUT2D eigenvalue weighted by atomic mass is 9.93. The summed E-state index contributed by atoms with van der Waals surface area (Å²) >= 11 is 0. The molecule has 2 atom stereocenters. The van der Waals surface area contributed by atoms with Crippen molar-refractivity contribution in [2.45, 2.75) is 39.8 Å². The first-order valence-electron chi connectivity index (χ1n) is 8.95. The number of nitrogens with one attached hydrogen (secondary N) is 1. The second kappa shape index (κ2) is 7.67. The van der Waals surface area contributed by atoms with Crippen molar-refractivity contribution in [1.29, 1.82) is 0 Å². The maximum atomic E-state index is 4.81. The molecule has 2 aromatic rings. The topological polar surface area (TPSA) is 76.2 Å². The van der Waals surface area contributed by atoms with Crippen LogP contribution >= 0.6 is 0 Å². The molecule has 0 bridgehead atoms. The quantitative estimate of drug-likeness (QED) is 0.670. The van der Waals surface area contributed by atoms with Crippen LogP contribution in [0, 0.1) is 12.8 Å². The smallest absolute Gasteiger partial charge is 0.194 e. The normalized spacial score (nSPS) is 21.6. The van der Waals surface area contributed by atoms with Gasteiger partial charge in [0.25, 0.3) is 0 Å². The fourth-order valence-corrected chi connectivity index (χ4v) is 3.26. The Morgan fingerprint density at radius 2 is 2.24 bits per heavy atom. The van der Waals surface area contributed by atoms with Crippen molar-refractivity contribution in [1.82, 2.24) is 34.5 Å². The summed E-state index contributed by atoms with van der Waals surface area (Å²) in [6, 6.07) is 0.414. The molecule has 0 radical (unpaired) electrons. The number of aliphatic imine (C=N–C) groups is 1. The van der Waals surface area contributed by atoms with Crippen molar-refractivity contribution in [3.05, 3.63) is 30.4 Å². The summed E-state index contributed by atoms with van der Waals surface area (Å²) in [6.07, 6.45) is 6.95. The van der Waals surface area contributed by atoms with Gasteiger partial charge in [0.15, 0.2) is 11.8 Å². The van der Waals surface area contributed by atoms with Crippen LogP contribution in [0.1, 0.15) is 38.0 Å². The Morgan fingerprint density at radius 1 is 1.40 bits per heavy atom. The van der Waals surface area contributed by atoms with Crippen molar-refractivity contribution in [2.24, 2.45) is 18.0 Å². The average molecular weight is 344 g/mol. The monoisotopic (exact) mass is 344 g/mol. The number of likely N-dealkylation sites (tertiary alicyclic amines) is 1. The molecule has 0 spiro atoms. The van der Waals surface area contributed by atoms with Gasteiger partial charge < -0.3 is 19.4 Å². The van der Waals surface area contributed by atoms with Gasteiger partial charge in [-0.3, -0.25) is 0 Å². The summed E-state index contributed by atoms with van der Waals surface area (Å²) in [5.74, 6) is 3.35. The fraction of sp³-hybridized carbons (Fsp3) is 0.647. The molecular formula is C17H28N8. The van der Waals surface area contributed by atoms with Crippen LogP contribution in [0.15, 0.2) is 23.7 Å². The van der Waals surface area contributed by atoms with Crippen LogP contribution in [0.25, 0.3) is 0 Å². The molecule has 8 nitrogen and oxygen atoms in total. The largest absolute Gasteiger partial charge is 0.357 e. The predicted molar refractivity (Wildman–Crippen MR) is 97.2 cm³/mol. The molecule has 1 saturated heterocycles. The molecule has 0 amide bonds. The van der Waals surface area contributed by atoms with E-state index >= 15 is 0 Å². The molecule has 1 fully saturated rings. The van der Waals surface area contributed by atoms with Crippen LogP contribution in [0.5, 0.6) is 0 Å². The molecule has 1 aliphatic heterocycles. The number of aromatic nitrogens is 5. The molecule has 1 aliphatic rings. The van der Waals surface area contributed by atoms with E-state index < -0.39 is 0 Å². The Bertz CT molecular complexity index is 702. The Labute approximate surface area is 149 Å². The zero-order valence-corrected chi connectivity index (χ0v) is 15.6. The van der Waals surface area contributed by atoms with E-state index in [0.29, 0.717) is 18.5 Å². The highest BCUT2D eigenvalue weighted by molar-refractivity contribution is 5.80. The van der Waals surface area contributed by atoms with Gasteiger partial charge in [0, 0.05) is 39.1 Å². The van der Waals surface area contributed by atoms with Gasteiger partial charge in [-0.05, 0) is 26.2 Å². The minimum atomic E-state index is 0.414. The van der Waals surface area contributed by atoms with Crippen LogP contribution in [-0.2, 0) is 13.6 Å². The number of guanidine groups is 1. The van der Waals surface area contributed by atoms with E-state index in [1.165, 1.54) is 0 Å². The third kappa shape index (κ3) is 3.83. The van der Waals surface area contributed by atoms with Gasteiger partial charge in [-0.2, -0.15) is 0 Å². The first-order valence-corrected chi connectivity index (χ1v) is 8.95. The first kappa shape index (κ1) is 17.4. The molecule has 0 saturated carbocycles. The van der Waals surface area contributed by atoms with Crippen molar-refractivity contribution < 1.29 is 0 Å². The Balaban J connectivity index is 1.75. The maximum Gasteiger partial charge on any atom is 0.194 e. The minimum Gasteiger partial charge on any atom is -0.357 e. The average Bonchev–Trinajstić information content (AvgIpc) is 3.24. The first-order chi connectivity index (χ1) is 12.1. The van der Waals surface area contributed by atoms with E-state index in [1.807, 2.05) is 31.1 Å². The van der Waals surface area contributed by atoms with Crippen molar-refractivity contribution in [3.8, 4) is 0 Å². The highest BCUT2D eigenvalue weighted by atomic mass is 15.3. The lowest BCUT2D eigenvalue weighted by Gasteiger charge is -2.39. The summed E-state index contributed by atoms with van der Waals surface area (Å²) in [4.78, 5) is 11.4. The molecule has 0 aromatic carbocycles. The second-order valence-electron chi connectivity index (χ2n) is 6.68. The number of piperidine rings is 1. The number of hydrogen-bond acceptors (Lipinski definition) is 4. The Hall–Kier alpha value is -2.38. The zero-order chi connectivity index (χ0) is 17.8. The molecule has 8 heteroatoms. The standard InChI is InChI=1S/C17H28N8/c1-5-19-17(20-10-16-22-21-14(3)23(16)4)24-8-6-13(2)15(11-24)25-9-7-18-12-25/h7,9,12-13,15H,5-6,8,10-11H2,1-4H3,(H,19,20). The van der Waals surface area contributed by atoms with Crippen LogP contribution in [0.2, 0.25) is 0 Å². The van der Waals surface area contributed by atoms with Crippen molar-refractivity contribution >= 4 is 5.96 Å². The SMILES string of the molecule is CCNC(=NCc1nnc(C)n1C)N1CCC(C)C(n2ccnc2)C1. The van der Waals surface area contributed by atoms with Gasteiger partial charge in [0.1, 0.15) is 12.4 Å². The van der Waals surface area contributed by atoms with Crippen LogP contribution in [0.4, 0.5) is 0 Å². The third-order valence-electron chi connectivity index (χ3n) is 5.01. The number of aryl methyl sites for hydroxylation is 1. The van der Waals surface area contributed by atoms with E-state index in [9.17, 15) is 0 Å². The molecule has 2 unspecified atom stereocenters. The molecule has 2 aromatic heterocycles. The molecule has 3 heterocycles.